The molecular formula is C21H28N4O2. The molecule has 144 valence electrons. The molecule has 2 aromatic carbocycles. The van der Waals surface area contributed by atoms with E-state index in [1.54, 1.807) is 4.73 Å². The molecule has 0 aliphatic rings. The molecule has 0 aliphatic carbocycles. The molecule has 0 saturated heterocycles. The molecule has 0 N–H and O–H groups in total. The van der Waals surface area contributed by atoms with Crippen LogP contribution in [0.1, 0.15) is 13.8 Å². The van der Waals surface area contributed by atoms with E-state index in [4.69, 9.17) is 4.84 Å². The maximum Gasteiger partial charge on any atom is 0.332 e. The molecule has 0 fully saturated rings. The van der Waals surface area contributed by atoms with Crippen molar-refractivity contribution in [3.8, 4) is 11.4 Å². The maximum atomic E-state index is 13.0. The Bertz CT molecular complexity index is 886. The second-order valence-corrected chi connectivity index (χ2v) is 6.71. The van der Waals surface area contributed by atoms with Crippen LogP contribution in [0.4, 0.5) is 5.69 Å². The number of benzene rings is 2. The van der Waals surface area contributed by atoms with Gasteiger partial charge in [0.05, 0.1) is 5.56 Å². The van der Waals surface area contributed by atoms with E-state index in [2.05, 4.69) is 18.7 Å². The highest BCUT2D eigenvalue weighted by atomic mass is 16.7. The van der Waals surface area contributed by atoms with Gasteiger partial charge >= 0.3 is 5.82 Å². The van der Waals surface area contributed by atoms with Gasteiger partial charge in [-0.25, -0.2) is 4.73 Å². The van der Waals surface area contributed by atoms with Crippen molar-refractivity contribution >= 4 is 16.7 Å². The fourth-order valence-corrected chi connectivity index (χ4v) is 3.19. The summed E-state index contributed by atoms with van der Waals surface area (Å²) in [4.78, 5) is 10.4. The van der Waals surface area contributed by atoms with Crippen molar-refractivity contribution in [1.29, 1.82) is 0 Å². The van der Waals surface area contributed by atoms with E-state index in [1.165, 1.54) is 0 Å². The topological polar surface area (TPSA) is 47.6 Å². The summed E-state index contributed by atoms with van der Waals surface area (Å²) in [6.45, 7) is 7.55. The Balaban J connectivity index is 2.07. The summed E-state index contributed by atoms with van der Waals surface area (Å²) in [6.07, 6.45) is 0. The van der Waals surface area contributed by atoms with Gasteiger partial charge < -0.3 is 19.8 Å². The summed E-state index contributed by atoms with van der Waals surface area (Å²) in [7, 11) is 3.97. The van der Waals surface area contributed by atoms with Crippen molar-refractivity contribution in [3.05, 3.63) is 53.7 Å². The Labute approximate surface area is 160 Å². The Morgan fingerprint density at radius 1 is 1.04 bits per heavy atom. The Hall–Kier alpha value is -2.73. The zero-order chi connectivity index (χ0) is 19.4. The molecule has 0 atom stereocenters. The first-order chi connectivity index (χ1) is 13.1. The van der Waals surface area contributed by atoms with E-state index in [-0.39, 0.29) is 0 Å². The number of nitrogens with zero attached hydrogens (tertiary/aromatic N) is 4. The highest BCUT2D eigenvalue weighted by Crippen LogP contribution is 2.25. The van der Waals surface area contributed by atoms with Gasteiger partial charge in [-0.2, -0.15) is 0 Å². The molecule has 0 saturated carbocycles. The third kappa shape index (κ3) is 3.85. The first kappa shape index (κ1) is 19.0. The highest BCUT2D eigenvalue weighted by molar-refractivity contribution is 5.80. The van der Waals surface area contributed by atoms with E-state index in [0.717, 1.165) is 41.1 Å². The number of likely N-dealkylation sites (N-methyl/N-ethyl adjacent to an activating group) is 1. The van der Waals surface area contributed by atoms with Crippen LogP contribution in [-0.2, 0) is 0 Å². The lowest BCUT2D eigenvalue weighted by Crippen LogP contribution is -2.32. The van der Waals surface area contributed by atoms with Crippen LogP contribution < -0.4 is 14.5 Å². The molecular weight excluding hydrogens is 340 g/mol. The van der Waals surface area contributed by atoms with Gasteiger partial charge in [-0.15, -0.1) is 0 Å². The SMILES string of the molecule is CCN(CC)CCOn1c(-c2ccccc2)[n+]([O-])c2ccc(N(C)C)cc21. The maximum absolute atomic E-state index is 13.0. The van der Waals surface area contributed by atoms with E-state index in [0.29, 0.717) is 17.9 Å². The van der Waals surface area contributed by atoms with Gasteiger partial charge in [-0.1, -0.05) is 32.0 Å². The first-order valence-corrected chi connectivity index (χ1v) is 9.43. The molecule has 1 aromatic heterocycles. The fourth-order valence-electron chi connectivity index (χ4n) is 3.19. The van der Waals surface area contributed by atoms with Crippen LogP contribution >= 0.6 is 0 Å². The number of aromatic nitrogens is 2. The third-order valence-corrected chi connectivity index (χ3v) is 4.85. The normalized spacial score (nSPS) is 11.3. The third-order valence-electron chi connectivity index (χ3n) is 4.85. The monoisotopic (exact) mass is 368 g/mol. The molecule has 0 bridgehead atoms. The van der Waals surface area contributed by atoms with Gasteiger partial charge in [-0.05, 0) is 42.1 Å². The second kappa shape index (κ2) is 8.31. The standard InChI is InChI=1S/C21H28N4O2/c1-5-23(6-2)14-15-27-25-20-16-18(22(3)4)12-13-19(20)24(26)21(25)17-10-8-7-9-11-17/h7-13,16H,5-6,14-15H2,1-4H3. The Morgan fingerprint density at radius 3 is 2.37 bits per heavy atom. The van der Waals surface area contributed by atoms with Crippen LogP contribution in [0.3, 0.4) is 0 Å². The lowest BCUT2D eigenvalue weighted by Gasteiger charge is -2.17. The summed E-state index contributed by atoms with van der Waals surface area (Å²) in [5.41, 5.74) is 3.23. The van der Waals surface area contributed by atoms with Gasteiger partial charge in [0.1, 0.15) is 0 Å². The van der Waals surface area contributed by atoms with E-state index in [9.17, 15) is 5.21 Å². The molecule has 0 spiro atoms. The van der Waals surface area contributed by atoms with Crippen molar-refractivity contribution in [3.63, 3.8) is 0 Å². The van der Waals surface area contributed by atoms with Crippen molar-refractivity contribution in [2.45, 2.75) is 13.8 Å². The Morgan fingerprint density at radius 2 is 1.74 bits per heavy atom. The molecule has 6 nitrogen and oxygen atoms in total. The lowest BCUT2D eigenvalue weighted by atomic mass is 10.2. The van der Waals surface area contributed by atoms with Crippen LogP contribution in [0.5, 0.6) is 0 Å². The predicted octanol–water partition coefficient (Wildman–Crippen LogP) is 2.78. The number of hydrogen-bond donors (Lipinski definition) is 0. The quantitative estimate of drug-likeness (QED) is 0.453. The molecule has 6 heteroatoms. The molecule has 0 amide bonds. The molecule has 27 heavy (non-hydrogen) atoms. The van der Waals surface area contributed by atoms with Gasteiger partial charge in [-0.3, -0.25) is 0 Å². The molecule has 0 radical (unpaired) electrons. The summed E-state index contributed by atoms with van der Waals surface area (Å²) < 4.78 is 2.65. The van der Waals surface area contributed by atoms with Gasteiger partial charge in [0.2, 0.25) is 5.52 Å². The summed E-state index contributed by atoms with van der Waals surface area (Å²) in [5.74, 6) is 0.501. The number of hydrogen-bond acceptors (Lipinski definition) is 4. The van der Waals surface area contributed by atoms with Crippen molar-refractivity contribution < 1.29 is 9.57 Å². The van der Waals surface area contributed by atoms with Gasteiger partial charge in [0.15, 0.2) is 12.1 Å². The predicted molar refractivity (Wildman–Crippen MR) is 110 cm³/mol. The van der Waals surface area contributed by atoms with E-state index >= 15 is 0 Å². The number of anilines is 1. The number of imidazole rings is 1. The van der Waals surface area contributed by atoms with Crippen molar-refractivity contribution in [2.75, 3.05) is 45.2 Å². The average molecular weight is 368 g/mol. The first-order valence-electron chi connectivity index (χ1n) is 9.43. The minimum atomic E-state index is 0.501. The Kier molecular flexibility index (Phi) is 5.86. The molecule has 1 heterocycles. The molecule has 3 rings (SSSR count). The van der Waals surface area contributed by atoms with Crippen LogP contribution in [0.2, 0.25) is 0 Å². The number of fused-ring (bicyclic) bond motifs is 1. The summed E-state index contributed by atoms with van der Waals surface area (Å²) >= 11 is 0. The summed E-state index contributed by atoms with van der Waals surface area (Å²) in [6, 6.07) is 15.5. The van der Waals surface area contributed by atoms with E-state index in [1.807, 2.05) is 67.5 Å². The van der Waals surface area contributed by atoms with Crippen molar-refractivity contribution in [1.82, 2.24) is 9.63 Å². The average Bonchev–Trinajstić information content (AvgIpc) is 2.97. The van der Waals surface area contributed by atoms with Crippen molar-refractivity contribution in [2.24, 2.45) is 0 Å². The minimum absolute atomic E-state index is 0.501. The van der Waals surface area contributed by atoms with Gasteiger partial charge in [0.25, 0.3) is 0 Å². The minimum Gasteiger partial charge on any atom is -0.710 e. The van der Waals surface area contributed by atoms with E-state index < -0.39 is 0 Å². The molecule has 0 aliphatic heterocycles. The zero-order valence-electron chi connectivity index (χ0n) is 16.6. The smallest absolute Gasteiger partial charge is 0.332 e. The van der Waals surface area contributed by atoms with Crippen LogP contribution in [0, 0.1) is 5.21 Å². The van der Waals surface area contributed by atoms with Crippen LogP contribution in [0.15, 0.2) is 48.5 Å². The molecule has 3 aromatic rings. The van der Waals surface area contributed by atoms with Crippen LogP contribution in [0.25, 0.3) is 22.4 Å². The van der Waals surface area contributed by atoms with Crippen LogP contribution in [-0.4, -0.2) is 50.0 Å². The number of rotatable bonds is 8. The zero-order valence-corrected chi connectivity index (χ0v) is 16.6. The fraction of sp³-hybridized carbons (Fsp3) is 0.381. The largest absolute Gasteiger partial charge is 0.710 e. The second-order valence-electron chi connectivity index (χ2n) is 6.71. The highest BCUT2D eigenvalue weighted by Gasteiger charge is 2.25. The molecule has 0 unspecified atom stereocenters. The lowest BCUT2D eigenvalue weighted by molar-refractivity contribution is -0.567. The summed E-state index contributed by atoms with van der Waals surface area (Å²) in [5, 5.41) is 13.0. The van der Waals surface area contributed by atoms with Gasteiger partial charge in [0, 0.05) is 32.4 Å².